The second-order valence-electron chi connectivity index (χ2n) is 5.19. The fourth-order valence-corrected chi connectivity index (χ4v) is 2.62. The first-order chi connectivity index (χ1) is 9.74. The van der Waals surface area contributed by atoms with Crippen molar-refractivity contribution in [1.82, 2.24) is 0 Å². The number of carbonyl (C=O) groups is 1. The predicted molar refractivity (Wildman–Crippen MR) is 85.1 cm³/mol. The third-order valence-electron chi connectivity index (χ3n) is 3.90. The molecule has 20 heavy (non-hydrogen) atoms. The number of anilines is 2. The first-order valence-electron chi connectivity index (χ1n) is 7.55. The minimum absolute atomic E-state index is 0.127. The molecule has 1 aromatic rings. The van der Waals surface area contributed by atoms with E-state index in [1.807, 2.05) is 12.1 Å². The Kier molecular flexibility index (Phi) is 5.22. The topological polar surface area (TPSA) is 32.3 Å². The van der Waals surface area contributed by atoms with E-state index >= 15 is 0 Å². The van der Waals surface area contributed by atoms with Crippen LogP contribution in [0.2, 0.25) is 0 Å². The number of benzene rings is 1. The second kappa shape index (κ2) is 7.13. The number of nitrogens with one attached hydrogen (secondary N) is 1. The molecule has 3 nitrogen and oxygen atoms in total. The summed E-state index contributed by atoms with van der Waals surface area (Å²) in [6.07, 6.45) is 7.10. The van der Waals surface area contributed by atoms with E-state index in [9.17, 15) is 4.79 Å². The van der Waals surface area contributed by atoms with Gasteiger partial charge in [-0.3, -0.25) is 4.79 Å². The highest BCUT2D eigenvalue weighted by Crippen LogP contribution is 2.22. The lowest BCUT2D eigenvalue weighted by atomic mass is 9.93. The normalized spacial score (nSPS) is 17.8. The van der Waals surface area contributed by atoms with Gasteiger partial charge in [0.15, 0.2) is 0 Å². The van der Waals surface area contributed by atoms with Crippen LogP contribution in [-0.2, 0) is 4.79 Å². The maximum atomic E-state index is 12.1. The average Bonchev–Trinajstić information content (AvgIpc) is 2.51. The molecule has 3 heteroatoms. The molecular weight excluding hydrogens is 248 g/mol. The quantitative estimate of drug-likeness (QED) is 0.826. The van der Waals surface area contributed by atoms with Gasteiger partial charge in [-0.25, -0.2) is 0 Å². The number of amides is 1. The van der Waals surface area contributed by atoms with Gasteiger partial charge in [0.05, 0.1) is 0 Å². The molecule has 1 aromatic carbocycles. The van der Waals surface area contributed by atoms with Crippen LogP contribution in [0.4, 0.5) is 11.4 Å². The molecule has 0 spiro atoms. The summed E-state index contributed by atoms with van der Waals surface area (Å²) in [6.45, 7) is 6.29. The third-order valence-corrected chi connectivity index (χ3v) is 3.90. The highest BCUT2D eigenvalue weighted by Gasteiger charge is 2.18. The summed E-state index contributed by atoms with van der Waals surface area (Å²) in [4.78, 5) is 14.4. The van der Waals surface area contributed by atoms with Crippen LogP contribution >= 0.6 is 0 Å². The van der Waals surface area contributed by atoms with Crippen molar-refractivity contribution < 1.29 is 4.79 Å². The number of allylic oxidation sites excluding steroid dienone is 2. The summed E-state index contributed by atoms with van der Waals surface area (Å²) in [5.74, 6) is 0.271. The van der Waals surface area contributed by atoms with Crippen molar-refractivity contribution in [2.24, 2.45) is 5.92 Å². The smallest absolute Gasteiger partial charge is 0.227 e. The van der Waals surface area contributed by atoms with E-state index in [4.69, 9.17) is 0 Å². The van der Waals surface area contributed by atoms with Gasteiger partial charge in [-0.05, 0) is 57.4 Å². The van der Waals surface area contributed by atoms with Crippen molar-refractivity contribution in [3.63, 3.8) is 0 Å². The monoisotopic (exact) mass is 272 g/mol. The van der Waals surface area contributed by atoms with Crippen molar-refractivity contribution in [2.45, 2.75) is 33.1 Å². The highest BCUT2D eigenvalue weighted by molar-refractivity contribution is 5.92. The molecule has 108 valence electrons. The lowest BCUT2D eigenvalue weighted by Gasteiger charge is -2.21. The summed E-state index contributed by atoms with van der Waals surface area (Å²) >= 11 is 0. The summed E-state index contributed by atoms with van der Waals surface area (Å²) in [7, 11) is 0. The summed E-state index contributed by atoms with van der Waals surface area (Å²) < 4.78 is 0. The lowest BCUT2D eigenvalue weighted by Crippen LogP contribution is -2.24. The van der Waals surface area contributed by atoms with E-state index < -0.39 is 0 Å². The number of rotatable bonds is 5. The van der Waals surface area contributed by atoms with Crippen LogP contribution in [0.5, 0.6) is 0 Å². The van der Waals surface area contributed by atoms with Crippen LogP contribution in [0.25, 0.3) is 0 Å². The van der Waals surface area contributed by atoms with Gasteiger partial charge in [0, 0.05) is 30.4 Å². The minimum Gasteiger partial charge on any atom is -0.372 e. The fraction of sp³-hybridized carbons (Fsp3) is 0.471. The van der Waals surface area contributed by atoms with Crippen molar-refractivity contribution in [3.8, 4) is 0 Å². The molecule has 0 saturated carbocycles. The molecule has 1 aliphatic rings. The van der Waals surface area contributed by atoms with Gasteiger partial charge < -0.3 is 10.2 Å². The zero-order valence-electron chi connectivity index (χ0n) is 12.4. The van der Waals surface area contributed by atoms with Crippen molar-refractivity contribution in [3.05, 3.63) is 36.4 Å². The minimum atomic E-state index is 0.127. The molecule has 1 aliphatic carbocycles. The first kappa shape index (κ1) is 14.6. The number of hydrogen-bond donors (Lipinski definition) is 1. The Balaban J connectivity index is 1.96. The molecule has 0 heterocycles. The maximum absolute atomic E-state index is 12.1. The zero-order valence-corrected chi connectivity index (χ0v) is 12.4. The summed E-state index contributed by atoms with van der Waals surface area (Å²) in [6, 6.07) is 8.13. The Bertz CT molecular complexity index is 460. The molecule has 0 aromatic heterocycles. The van der Waals surface area contributed by atoms with E-state index in [0.29, 0.717) is 0 Å². The van der Waals surface area contributed by atoms with Crippen molar-refractivity contribution in [2.75, 3.05) is 23.3 Å². The third kappa shape index (κ3) is 3.62. The fourth-order valence-electron chi connectivity index (χ4n) is 2.62. The molecule has 0 fully saturated rings. The molecule has 0 saturated heterocycles. The number of hydrogen-bond acceptors (Lipinski definition) is 2. The molecule has 0 bridgehead atoms. The molecule has 1 N–H and O–H groups in total. The van der Waals surface area contributed by atoms with Crippen molar-refractivity contribution in [1.29, 1.82) is 0 Å². The Morgan fingerprint density at radius 2 is 1.90 bits per heavy atom. The Hall–Kier alpha value is -1.77. The van der Waals surface area contributed by atoms with Crippen LogP contribution < -0.4 is 10.2 Å². The number of nitrogens with zero attached hydrogens (tertiary/aromatic N) is 1. The lowest BCUT2D eigenvalue weighted by molar-refractivity contribution is -0.120. The molecule has 1 atom stereocenters. The zero-order chi connectivity index (χ0) is 14.4. The van der Waals surface area contributed by atoms with Crippen LogP contribution in [-0.4, -0.2) is 19.0 Å². The van der Waals surface area contributed by atoms with E-state index in [1.54, 1.807) is 0 Å². The van der Waals surface area contributed by atoms with Crippen LogP contribution in [0, 0.1) is 5.92 Å². The standard InChI is InChI=1S/C17H24N2O/c1-3-19(4-2)16-12-10-15(11-13-16)18-17(20)14-8-6-5-7-9-14/h5-6,10-14H,3-4,7-9H2,1-2H3,(H,18,20). The number of carbonyl (C=O) groups excluding carboxylic acids is 1. The maximum Gasteiger partial charge on any atom is 0.227 e. The van der Waals surface area contributed by atoms with Gasteiger partial charge in [-0.1, -0.05) is 12.2 Å². The second-order valence-corrected chi connectivity index (χ2v) is 5.19. The van der Waals surface area contributed by atoms with Crippen LogP contribution in [0.15, 0.2) is 36.4 Å². The highest BCUT2D eigenvalue weighted by atomic mass is 16.1. The predicted octanol–water partition coefficient (Wildman–Crippen LogP) is 3.83. The van der Waals surface area contributed by atoms with Crippen LogP contribution in [0.3, 0.4) is 0 Å². The van der Waals surface area contributed by atoms with Gasteiger partial charge in [0.2, 0.25) is 5.91 Å². The van der Waals surface area contributed by atoms with Gasteiger partial charge in [0.1, 0.15) is 0 Å². The molecular formula is C17H24N2O. The molecule has 0 aliphatic heterocycles. The molecule has 1 unspecified atom stereocenters. The van der Waals surface area contributed by atoms with E-state index in [1.165, 1.54) is 5.69 Å². The largest absolute Gasteiger partial charge is 0.372 e. The van der Waals surface area contributed by atoms with Crippen molar-refractivity contribution >= 4 is 17.3 Å². The van der Waals surface area contributed by atoms with E-state index in [-0.39, 0.29) is 11.8 Å². The average molecular weight is 272 g/mol. The van der Waals surface area contributed by atoms with Gasteiger partial charge in [-0.15, -0.1) is 0 Å². The summed E-state index contributed by atoms with van der Waals surface area (Å²) in [5.41, 5.74) is 2.09. The van der Waals surface area contributed by atoms with E-state index in [0.717, 1.165) is 38.0 Å². The molecule has 2 rings (SSSR count). The Morgan fingerprint density at radius 1 is 1.20 bits per heavy atom. The first-order valence-corrected chi connectivity index (χ1v) is 7.55. The SMILES string of the molecule is CCN(CC)c1ccc(NC(=O)C2CC=CCC2)cc1. The Morgan fingerprint density at radius 3 is 2.45 bits per heavy atom. The van der Waals surface area contributed by atoms with E-state index in [2.05, 4.69) is 48.3 Å². The molecule has 0 radical (unpaired) electrons. The van der Waals surface area contributed by atoms with Crippen LogP contribution in [0.1, 0.15) is 33.1 Å². The summed E-state index contributed by atoms with van der Waals surface area (Å²) in [5, 5.41) is 3.02. The Labute approximate surface area is 121 Å². The van der Waals surface area contributed by atoms with Gasteiger partial charge >= 0.3 is 0 Å². The van der Waals surface area contributed by atoms with Gasteiger partial charge in [-0.2, -0.15) is 0 Å². The van der Waals surface area contributed by atoms with Gasteiger partial charge in [0.25, 0.3) is 0 Å². The molecule has 1 amide bonds.